The molecule has 1 aliphatic rings. The number of halogens is 9. The first kappa shape index (κ1) is 70.3. The number of aromatic nitrogens is 4. The van der Waals surface area contributed by atoms with Crippen LogP contribution in [0.2, 0.25) is 5.02 Å². The molecule has 0 spiro atoms. The number of hydrogen-bond donors (Lipinski definition) is 1. The Morgan fingerprint density at radius 3 is 1.44 bits per heavy atom. The number of benzene rings is 8. The molecule has 4 heterocycles. The summed E-state index contributed by atoms with van der Waals surface area (Å²) < 4.78 is 174. The number of hydrogen-bond acceptors (Lipinski definition) is 12. The number of esters is 1. The van der Waals surface area contributed by atoms with Gasteiger partial charge in [-0.3, -0.25) is 0 Å². The summed E-state index contributed by atoms with van der Waals surface area (Å²) in [5.74, 6) is -0.0215. The Morgan fingerprint density at radius 2 is 0.989 bits per heavy atom. The molecule has 12 rings (SSSR count). The van der Waals surface area contributed by atoms with Crippen molar-refractivity contribution in [1.29, 1.82) is 0 Å². The molecule has 0 radical (unpaired) electrons. The number of nitrogens with zero attached hydrogens (tertiary/aromatic N) is 4. The fraction of sp³-hybridized carbons (Fsp3) is 0.103. The number of sulfonamides is 1. The normalized spacial score (nSPS) is 12.6. The first-order valence-corrected chi connectivity index (χ1v) is 35.1. The highest BCUT2D eigenvalue weighted by Crippen LogP contribution is 2.43. The summed E-state index contributed by atoms with van der Waals surface area (Å²) in [5, 5.41) is 12.9. The zero-order valence-electron chi connectivity index (χ0n) is 50.1. The summed E-state index contributed by atoms with van der Waals surface area (Å²) in [7, 11) is -8.82. The van der Waals surface area contributed by atoms with Crippen molar-refractivity contribution >= 4 is 85.7 Å². The van der Waals surface area contributed by atoms with Crippen molar-refractivity contribution in [2.24, 2.45) is 5.14 Å². The lowest BCUT2D eigenvalue weighted by Gasteiger charge is -2.09. The van der Waals surface area contributed by atoms with Crippen LogP contribution in [0.5, 0.6) is 5.75 Å². The minimum Gasteiger partial charge on any atom is -0.497 e. The molecule has 0 bridgehead atoms. The van der Waals surface area contributed by atoms with Gasteiger partial charge in [0.1, 0.15) is 18.2 Å². The Kier molecular flexibility index (Phi) is 21.4. The van der Waals surface area contributed by atoms with Gasteiger partial charge in [0.2, 0.25) is 10.0 Å². The molecular weight excluding hydrogens is 1410 g/mol. The van der Waals surface area contributed by atoms with Crippen LogP contribution in [0.15, 0.2) is 237 Å². The molecule has 8 aromatic carbocycles. The second-order valence-electron chi connectivity index (χ2n) is 20.9. The topological polar surface area (TPSA) is 200 Å². The standard InChI is InChI=1S/C17H12BrFO2S2.C17H12ClF3N2O.C17H14F3N3O2S.C17H14O4S/c1-23(20,21)14-8-4-11(5-9-14)15-10-16(18)22-17(15)12-2-6-13(19)7-3-12;1-24-14-8-6-13(7-9-14)23-15(10-16(22-23)17(19,20)21)11-2-4-12(18)5-3-11;1-11-2-4-12(5-3-11)15-10-16(17(18,19)20)22-23(15)13-6-8-14(9-7-13)26(21,24)25;1-22(19,20)14-9-7-12(8-10-14)15-11-21-17(18)16(15)13-5-3-2-4-6-13/h2-10H,1H3;2-10H,1H3;2-10H,1H3,(H2,21,24,25);2-10H,11H2,1H3. The fourth-order valence-electron chi connectivity index (χ4n) is 9.40. The summed E-state index contributed by atoms with van der Waals surface area (Å²) in [6, 6.07) is 58.1. The van der Waals surface area contributed by atoms with E-state index < -0.39 is 53.4 Å². The van der Waals surface area contributed by atoms with Crippen molar-refractivity contribution in [2.75, 3.05) is 26.2 Å². The number of thiophene rings is 1. The number of methoxy groups -OCH3 is 1. The molecule has 0 saturated carbocycles. The second-order valence-corrected chi connectivity index (χ2v) is 29.4. The highest BCUT2D eigenvalue weighted by molar-refractivity contribution is 9.11. The molecule has 0 saturated heterocycles. The molecule has 11 aromatic rings. The number of rotatable bonds is 12. The SMILES string of the molecule is COc1ccc(-n2nc(C(F)(F)F)cc2-c2ccc(Cl)cc2)cc1.CS(=O)(=O)c1ccc(-c2cc(Br)sc2-c2ccc(F)cc2)cc1.CS(=O)(=O)c1ccc(C2=C(c3ccccc3)C(=O)OC2)cc1.Cc1ccc(-c2cc(C(F)(F)F)nn2-c2ccc(S(N)(=O)=O)cc2)cc1. The monoisotopic (exact) mass is 1460 g/mol. The van der Waals surface area contributed by atoms with Crippen LogP contribution in [-0.2, 0) is 51.6 Å². The largest absolute Gasteiger partial charge is 0.497 e. The third-order valence-corrected chi connectivity index (χ3v) is 19.3. The van der Waals surface area contributed by atoms with E-state index in [4.69, 9.17) is 26.2 Å². The van der Waals surface area contributed by atoms with Crippen molar-refractivity contribution in [3.8, 4) is 61.2 Å². The number of cyclic esters (lactones) is 1. The Labute approximate surface area is 559 Å². The van der Waals surface area contributed by atoms with Gasteiger partial charge in [-0.25, -0.2) is 48.9 Å². The minimum atomic E-state index is -4.61. The van der Waals surface area contributed by atoms with Gasteiger partial charge >= 0.3 is 18.3 Å². The molecule has 3 aromatic heterocycles. The van der Waals surface area contributed by atoms with E-state index in [0.717, 1.165) is 64.4 Å². The zero-order chi connectivity index (χ0) is 68.8. The maximum atomic E-state index is 13.1. The lowest BCUT2D eigenvalue weighted by molar-refractivity contribution is -0.142. The number of aryl methyl sites for hydroxylation is 1. The van der Waals surface area contributed by atoms with E-state index in [9.17, 15) is 60.8 Å². The summed E-state index contributed by atoms with van der Waals surface area (Å²) in [4.78, 5) is 13.4. The minimum absolute atomic E-state index is 0.138. The Morgan fingerprint density at radius 1 is 0.558 bits per heavy atom. The van der Waals surface area contributed by atoms with Crippen LogP contribution in [-0.4, -0.2) is 77.0 Å². The number of sulfone groups is 2. The van der Waals surface area contributed by atoms with E-state index in [0.29, 0.717) is 43.7 Å². The maximum Gasteiger partial charge on any atom is 0.435 e. The number of carbonyl (C=O) groups is 1. The van der Waals surface area contributed by atoms with Crippen molar-refractivity contribution in [2.45, 2.75) is 34.0 Å². The second kappa shape index (κ2) is 28.9. The molecule has 2 N–H and O–H groups in total. The molecule has 0 amide bonds. The zero-order valence-corrected chi connectivity index (χ0v) is 55.7. The predicted octanol–water partition coefficient (Wildman–Crippen LogP) is 16.7. The quantitative estimate of drug-likeness (QED) is 0.0901. The number of alkyl halides is 6. The third kappa shape index (κ3) is 17.7. The van der Waals surface area contributed by atoms with Crippen molar-refractivity contribution in [3.05, 3.63) is 261 Å². The van der Waals surface area contributed by atoms with E-state index in [2.05, 4.69) is 26.1 Å². The number of ether oxygens (including phenoxy) is 2. The van der Waals surface area contributed by atoms with Crippen LogP contribution in [0.25, 0.3) is 66.6 Å². The maximum absolute atomic E-state index is 13.1. The predicted molar refractivity (Wildman–Crippen MR) is 355 cm³/mol. The van der Waals surface area contributed by atoms with Crippen molar-refractivity contribution in [1.82, 2.24) is 19.6 Å². The van der Waals surface area contributed by atoms with Gasteiger partial charge in [-0.1, -0.05) is 120 Å². The Balaban J connectivity index is 0.000000149. The molecule has 0 unspecified atom stereocenters. The van der Waals surface area contributed by atoms with Crippen LogP contribution >= 0.6 is 38.9 Å². The van der Waals surface area contributed by atoms with Gasteiger partial charge in [0.25, 0.3) is 0 Å². The molecule has 490 valence electrons. The summed E-state index contributed by atoms with van der Waals surface area (Å²) in [6.07, 6.45) is -6.78. The van der Waals surface area contributed by atoms with Crippen LogP contribution < -0.4 is 9.88 Å². The highest BCUT2D eigenvalue weighted by Gasteiger charge is 2.37. The summed E-state index contributed by atoms with van der Waals surface area (Å²) >= 11 is 10.9. The molecule has 1 aliphatic heterocycles. The van der Waals surface area contributed by atoms with Gasteiger partial charge in [0, 0.05) is 44.7 Å². The number of primary sulfonamides is 1. The van der Waals surface area contributed by atoms with E-state index >= 15 is 0 Å². The molecule has 0 atom stereocenters. The fourth-order valence-corrected chi connectivity index (χ4v) is 12.9. The first-order valence-electron chi connectivity index (χ1n) is 27.8. The lowest BCUT2D eigenvalue weighted by Crippen LogP contribution is -2.12. The molecular formula is C68H52BrClF7N5O9S4. The molecule has 14 nitrogen and oxygen atoms in total. The van der Waals surface area contributed by atoms with Gasteiger partial charge in [-0.15, -0.1) is 11.3 Å². The number of nitrogens with two attached hydrogens (primary N) is 1. The van der Waals surface area contributed by atoms with Crippen LogP contribution in [0.1, 0.15) is 28.1 Å². The summed E-state index contributed by atoms with van der Waals surface area (Å²) in [6.45, 7) is 2.06. The average Bonchev–Trinajstić information content (AvgIpc) is 1.69. The van der Waals surface area contributed by atoms with Gasteiger partial charge in [0.05, 0.1) is 53.9 Å². The van der Waals surface area contributed by atoms with Gasteiger partial charge < -0.3 is 9.47 Å². The molecule has 0 aliphatic carbocycles. The van der Waals surface area contributed by atoms with Crippen LogP contribution in [0.4, 0.5) is 30.7 Å². The molecule has 27 heteroatoms. The highest BCUT2D eigenvalue weighted by atomic mass is 79.9. The molecule has 95 heavy (non-hydrogen) atoms. The Hall–Kier alpha value is -9.02. The summed E-state index contributed by atoms with van der Waals surface area (Å²) in [5.41, 5.74) is 7.15. The van der Waals surface area contributed by atoms with E-state index in [-0.39, 0.29) is 39.6 Å². The van der Waals surface area contributed by atoms with E-state index in [1.165, 1.54) is 60.7 Å². The van der Waals surface area contributed by atoms with Gasteiger partial charge in [0.15, 0.2) is 31.1 Å². The first-order chi connectivity index (χ1) is 44.7. The lowest BCUT2D eigenvalue weighted by atomic mass is 9.97. The van der Waals surface area contributed by atoms with Crippen molar-refractivity contribution in [3.63, 3.8) is 0 Å². The average molecular weight is 1460 g/mol. The van der Waals surface area contributed by atoms with E-state index in [1.807, 2.05) is 43.3 Å². The third-order valence-electron chi connectivity index (χ3n) is 14.2. The van der Waals surface area contributed by atoms with Crippen molar-refractivity contribution < 1.29 is 70.3 Å². The van der Waals surface area contributed by atoms with Gasteiger partial charge in [-0.2, -0.15) is 36.5 Å². The van der Waals surface area contributed by atoms with Crippen LogP contribution in [0, 0.1) is 12.7 Å². The van der Waals surface area contributed by atoms with E-state index in [1.54, 1.807) is 145 Å². The van der Waals surface area contributed by atoms with Gasteiger partial charge in [-0.05, 0) is 160 Å². The Bertz CT molecular complexity index is 4940. The number of carbonyl (C=O) groups excluding carboxylic acids is 1. The smallest absolute Gasteiger partial charge is 0.435 e. The van der Waals surface area contributed by atoms with Crippen LogP contribution in [0.3, 0.4) is 0 Å². The molecule has 0 fully saturated rings.